The number of hydrogen-bond donors (Lipinski definition) is 0. The zero-order chi connectivity index (χ0) is 26.5. The largest absolute Gasteiger partial charge is 0.473 e. The highest BCUT2D eigenvalue weighted by Gasteiger charge is 2.35. The number of rotatable bonds is 4. The third kappa shape index (κ3) is 6.18. The molecule has 0 spiro atoms. The topological polar surface area (TPSA) is 36.7 Å². The number of piperidine rings is 1. The number of hydrogen-bond acceptors (Lipinski definition) is 3. The van der Waals surface area contributed by atoms with E-state index >= 15 is 0 Å². The molecule has 1 aromatic heterocycles. The van der Waals surface area contributed by atoms with Gasteiger partial charge in [-0.3, -0.25) is 4.79 Å². The first-order valence-electron chi connectivity index (χ1n) is 12.0. The van der Waals surface area contributed by atoms with Crippen LogP contribution in [0.1, 0.15) is 41.1 Å². The van der Waals surface area contributed by atoms with E-state index in [4.69, 9.17) is 0 Å². The maximum atomic E-state index is 14.0. The number of carbonyl (C=O) groups is 1. The van der Waals surface area contributed by atoms with Crippen LogP contribution < -0.4 is 0 Å². The summed E-state index contributed by atoms with van der Waals surface area (Å²) >= 11 is 0. The highest BCUT2D eigenvalue weighted by atomic mass is 19.2. The summed E-state index contributed by atoms with van der Waals surface area (Å²) in [6.07, 6.45) is 5.65. The van der Waals surface area contributed by atoms with Crippen molar-refractivity contribution in [1.82, 2.24) is 9.80 Å². The number of furan rings is 1. The Morgan fingerprint density at radius 3 is 1.89 bits per heavy atom. The monoisotopic (exact) mass is 524 g/mol. The Labute approximate surface area is 210 Å². The Balaban J connectivity index is 0.000000572. The van der Waals surface area contributed by atoms with Crippen molar-refractivity contribution in [1.29, 1.82) is 0 Å². The van der Waals surface area contributed by atoms with Crippen molar-refractivity contribution in [3.63, 3.8) is 0 Å². The maximum Gasteiger partial charge on any atom is 0.260 e. The molecule has 2 aliphatic heterocycles. The fraction of sp³-hybridized carbons (Fsp3) is 0.370. The number of carbonyl (C=O) groups excluding carboxylic acids is 1. The fourth-order valence-electron chi connectivity index (χ4n) is 4.89. The Morgan fingerprint density at radius 1 is 0.784 bits per heavy atom. The van der Waals surface area contributed by atoms with Gasteiger partial charge in [-0.2, -0.15) is 0 Å². The molecule has 2 aromatic carbocycles. The number of nitrogens with zero attached hydrogens (tertiary/aromatic N) is 2. The van der Waals surface area contributed by atoms with Crippen molar-refractivity contribution >= 4 is 5.91 Å². The van der Waals surface area contributed by atoms with E-state index in [9.17, 15) is 31.1 Å². The van der Waals surface area contributed by atoms with E-state index in [2.05, 4.69) is 9.32 Å². The highest BCUT2D eigenvalue weighted by molar-refractivity contribution is 5.95. The molecule has 37 heavy (non-hydrogen) atoms. The number of benzene rings is 2. The quantitative estimate of drug-likeness (QED) is 0.234. The van der Waals surface area contributed by atoms with E-state index in [-0.39, 0.29) is 24.8 Å². The van der Waals surface area contributed by atoms with Crippen molar-refractivity contribution in [2.24, 2.45) is 5.92 Å². The van der Waals surface area contributed by atoms with Gasteiger partial charge in [0.1, 0.15) is 11.4 Å². The standard InChI is InChI=1S/C23H22F6N2O.C4H4O/c24-16-3-1-14(2-4-16)15-6-8-30(9-7-15)11-13-5-10-31(12-13)23(32)17-18(25)20(27)22(29)21(28)19(17)26;1-2-4-5-3-1/h1-4,13,15H,5-12H2;1-4H. The molecular formula is C27H26F6N2O2. The second-order valence-electron chi connectivity index (χ2n) is 9.27. The number of likely N-dealkylation sites (tertiary alicyclic amines) is 2. The summed E-state index contributed by atoms with van der Waals surface area (Å²) in [6.45, 7) is 2.70. The van der Waals surface area contributed by atoms with Gasteiger partial charge in [0.05, 0.1) is 12.5 Å². The molecule has 0 bridgehead atoms. The van der Waals surface area contributed by atoms with Crippen LogP contribution in [0.5, 0.6) is 0 Å². The molecule has 1 amide bonds. The maximum absolute atomic E-state index is 14.0. The van der Waals surface area contributed by atoms with E-state index in [0.29, 0.717) is 18.9 Å². The molecule has 3 heterocycles. The molecule has 0 N–H and O–H groups in total. The first kappa shape index (κ1) is 26.8. The van der Waals surface area contributed by atoms with Gasteiger partial charge in [0.2, 0.25) is 5.82 Å². The SMILES string of the molecule is O=C(c1c(F)c(F)c(F)c(F)c1F)N1CCC(CN2CCC(c3ccc(F)cc3)CC2)C1.c1ccoc1. The molecule has 10 heteroatoms. The van der Waals surface area contributed by atoms with Crippen molar-refractivity contribution < 1.29 is 35.6 Å². The Morgan fingerprint density at radius 2 is 1.35 bits per heavy atom. The zero-order valence-electron chi connectivity index (χ0n) is 19.9. The first-order valence-corrected chi connectivity index (χ1v) is 12.0. The third-order valence-electron chi connectivity index (χ3n) is 6.87. The van der Waals surface area contributed by atoms with Crippen molar-refractivity contribution in [2.45, 2.75) is 25.2 Å². The van der Waals surface area contributed by atoms with E-state index in [1.54, 1.807) is 24.7 Å². The number of amides is 1. The lowest BCUT2D eigenvalue weighted by Crippen LogP contribution is -2.38. The minimum absolute atomic E-state index is 0.0441. The molecule has 0 saturated carbocycles. The summed E-state index contributed by atoms with van der Waals surface area (Å²) in [5.74, 6) is -11.8. The lowest BCUT2D eigenvalue weighted by molar-refractivity contribution is 0.0768. The van der Waals surface area contributed by atoms with Gasteiger partial charge < -0.3 is 14.2 Å². The molecule has 4 nitrogen and oxygen atoms in total. The van der Waals surface area contributed by atoms with E-state index in [1.165, 1.54) is 12.1 Å². The molecule has 2 saturated heterocycles. The predicted molar refractivity (Wildman–Crippen MR) is 124 cm³/mol. The zero-order valence-corrected chi connectivity index (χ0v) is 19.9. The summed E-state index contributed by atoms with van der Waals surface area (Å²) in [7, 11) is 0. The minimum atomic E-state index is -2.28. The average molecular weight is 525 g/mol. The third-order valence-corrected chi connectivity index (χ3v) is 6.87. The molecule has 0 radical (unpaired) electrons. The van der Waals surface area contributed by atoms with Gasteiger partial charge in [-0.05, 0) is 74.0 Å². The van der Waals surface area contributed by atoms with Crippen LogP contribution in [0.15, 0.2) is 53.3 Å². The van der Waals surface area contributed by atoms with Crippen LogP contribution >= 0.6 is 0 Å². The van der Waals surface area contributed by atoms with Crippen LogP contribution in [0.3, 0.4) is 0 Å². The lowest BCUT2D eigenvalue weighted by Gasteiger charge is -2.33. The average Bonchev–Trinajstić information content (AvgIpc) is 3.63. The van der Waals surface area contributed by atoms with Gasteiger partial charge in [0, 0.05) is 19.6 Å². The summed E-state index contributed by atoms with van der Waals surface area (Å²) < 4.78 is 85.8. The normalized spacial score (nSPS) is 18.5. The molecule has 198 valence electrons. The first-order chi connectivity index (χ1) is 17.8. The van der Waals surface area contributed by atoms with Crippen LogP contribution in [-0.4, -0.2) is 48.4 Å². The van der Waals surface area contributed by atoms with Crippen LogP contribution in [-0.2, 0) is 0 Å². The summed E-state index contributed by atoms with van der Waals surface area (Å²) in [4.78, 5) is 15.9. The molecular weight excluding hydrogens is 498 g/mol. The van der Waals surface area contributed by atoms with E-state index < -0.39 is 40.6 Å². The molecule has 0 aliphatic carbocycles. The van der Waals surface area contributed by atoms with Gasteiger partial charge in [0.15, 0.2) is 23.3 Å². The van der Waals surface area contributed by atoms with E-state index in [0.717, 1.165) is 36.4 Å². The van der Waals surface area contributed by atoms with Crippen LogP contribution in [0.4, 0.5) is 26.3 Å². The summed E-state index contributed by atoms with van der Waals surface area (Å²) in [6, 6.07) is 10.2. The molecule has 1 atom stereocenters. The molecule has 2 aliphatic rings. The van der Waals surface area contributed by atoms with Gasteiger partial charge in [-0.15, -0.1) is 0 Å². The lowest BCUT2D eigenvalue weighted by atomic mass is 9.89. The van der Waals surface area contributed by atoms with Gasteiger partial charge in [-0.1, -0.05) is 12.1 Å². The van der Waals surface area contributed by atoms with Crippen LogP contribution in [0, 0.1) is 40.8 Å². The smallest absolute Gasteiger partial charge is 0.260 e. The Hall–Kier alpha value is -3.27. The van der Waals surface area contributed by atoms with Gasteiger partial charge in [-0.25, -0.2) is 26.3 Å². The van der Waals surface area contributed by atoms with Gasteiger partial charge in [0.25, 0.3) is 5.91 Å². The van der Waals surface area contributed by atoms with Crippen LogP contribution in [0.25, 0.3) is 0 Å². The van der Waals surface area contributed by atoms with Crippen molar-refractivity contribution in [3.05, 3.63) is 95.0 Å². The Kier molecular flexibility index (Phi) is 8.58. The molecule has 2 fully saturated rings. The minimum Gasteiger partial charge on any atom is -0.473 e. The van der Waals surface area contributed by atoms with Gasteiger partial charge >= 0.3 is 0 Å². The molecule has 1 unspecified atom stereocenters. The highest BCUT2D eigenvalue weighted by Crippen LogP contribution is 2.30. The summed E-state index contributed by atoms with van der Waals surface area (Å²) in [5, 5.41) is 0. The number of halogens is 6. The molecule has 3 aromatic rings. The fourth-order valence-corrected chi connectivity index (χ4v) is 4.89. The van der Waals surface area contributed by atoms with Crippen molar-refractivity contribution in [2.75, 3.05) is 32.7 Å². The van der Waals surface area contributed by atoms with Crippen molar-refractivity contribution in [3.8, 4) is 0 Å². The van der Waals surface area contributed by atoms with E-state index in [1.807, 2.05) is 12.1 Å². The van der Waals surface area contributed by atoms with Crippen LogP contribution in [0.2, 0.25) is 0 Å². The Bertz CT molecular complexity index is 1150. The molecule has 5 rings (SSSR count). The second kappa shape index (κ2) is 11.9. The predicted octanol–water partition coefficient (Wildman–Crippen LogP) is 6.14. The second-order valence-corrected chi connectivity index (χ2v) is 9.27. The summed E-state index contributed by atoms with van der Waals surface area (Å²) in [5.41, 5.74) is -0.298.